The van der Waals surface area contributed by atoms with Gasteiger partial charge in [-0.05, 0) is 95.4 Å². The maximum Gasteiger partial charge on any atom is 0.136 e. The van der Waals surface area contributed by atoms with Gasteiger partial charge in [0.15, 0.2) is 0 Å². The van der Waals surface area contributed by atoms with E-state index < -0.39 is 0 Å². The number of benzene rings is 1. The van der Waals surface area contributed by atoms with Gasteiger partial charge in [-0.1, -0.05) is 53.7 Å². The highest BCUT2D eigenvalue weighted by Crippen LogP contribution is 2.42. The number of carbonyl (C=O) groups is 1. The number of nitrogens with zero attached hydrogens (tertiary/aromatic N) is 1. The van der Waals surface area contributed by atoms with E-state index in [9.17, 15) is 9.90 Å². The van der Waals surface area contributed by atoms with Crippen LogP contribution >= 0.6 is 0 Å². The van der Waals surface area contributed by atoms with E-state index >= 15 is 0 Å². The van der Waals surface area contributed by atoms with Gasteiger partial charge in [-0.2, -0.15) is 0 Å². The van der Waals surface area contributed by atoms with E-state index in [0.717, 1.165) is 36.0 Å². The Morgan fingerprint density at radius 3 is 1.65 bits per heavy atom. The van der Waals surface area contributed by atoms with Crippen molar-refractivity contribution in [1.29, 1.82) is 0 Å². The summed E-state index contributed by atoms with van der Waals surface area (Å²) in [5.41, 5.74) is 2.86. The minimum absolute atomic E-state index is 0.0272. The van der Waals surface area contributed by atoms with Crippen LogP contribution in [0, 0.1) is 17.8 Å². The summed E-state index contributed by atoms with van der Waals surface area (Å²) in [4.78, 5) is 15.6. The minimum atomic E-state index is -0.147. The molecule has 3 nitrogen and oxygen atoms in total. The SMILES string of the molecule is CC#CC.CN1C(C)(C)CC(C(=O)CCc2cc(C(C)(C)C)c(O)c(C(C)(C)C)c2)CC1(C)C. The average molecular weight is 470 g/mol. The summed E-state index contributed by atoms with van der Waals surface area (Å²) < 4.78 is 0. The van der Waals surface area contributed by atoms with Crippen LogP contribution in [0.5, 0.6) is 5.75 Å². The highest BCUT2D eigenvalue weighted by Gasteiger charge is 2.44. The summed E-state index contributed by atoms with van der Waals surface area (Å²) in [5, 5.41) is 10.9. The second-order valence-electron chi connectivity index (χ2n) is 13.3. The van der Waals surface area contributed by atoms with Crippen molar-refractivity contribution in [2.24, 2.45) is 5.92 Å². The van der Waals surface area contributed by atoms with Crippen molar-refractivity contribution >= 4 is 5.78 Å². The average Bonchev–Trinajstić information content (AvgIpc) is 2.68. The largest absolute Gasteiger partial charge is 0.507 e. The Kier molecular flexibility index (Phi) is 9.66. The molecule has 1 N–H and O–H groups in total. The van der Waals surface area contributed by atoms with Crippen LogP contribution in [-0.4, -0.2) is 33.9 Å². The number of hydrogen-bond donors (Lipinski definition) is 1. The van der Waals surface area contributed by atoms with Gasteiger partial charge in [0.25, 0.3) is 0 Å². The molecule has 1 aromatic rings. The third kappa shape index (κ3) is 7.61. The first kappa shape index (κ1) is 30.2. The Balaban J connectivity index is 0.00000133. The van der Waals surface area contributed by atoms with Crippen molar-refractivity contribution in [3.63, 3.8) is 0 Å². The zero-order valence-corrected chi connectivity index (χ0v) is 24.4. The van der Waals surface area contributed by atoms with E-state index in [1.807, 2.05) is 13.8 Å². The van der Waals surface area contributed by atoms with Gasteiger partial charge < -0.3 is 5.11 Å². The fourth-order valence-electron chi connectivity index (χ4n) is 5.05. The van der Waals surface area contributed by atoms with E-state index in [1.165, 1.54) is 0 Å². The van der Waals surface area contributed by atoms with E-state index in [1.54, 1.807) is 0 Å². The van der Waals surface area contributed by atoms with Crippen LogP contribution in [0.4, 0.5) is 0 Å². The zero-order valence-electron chi connectivity index (χ0n) is 24.4. The molecule has 1 saturated heterocycles. The van der Waals surface area contributed by atoms with Crippen LogP contribution in [-0.2, 0) is 22.0 Å². The van der Waals surface area contributed by atoms with Crippen LogP contribution in [0.15, 0.2) is 12.1 Å². The summed E-state index contributed by atoms with van der Waals surface area (Å²) in [6.07, 6.45) is 3.14. The van der Waals surface area contributed by atoms with Gasteiger partial charge in [0.2, 0.25) is 0 Å². The molecular weight excluding hydrogens is 418 g/mol. The molecule has 0 radical (unpaired) electrons. The molecule has 0 aliphatic carbocycles. The lowest BCUT2D eigenvalue weighted by Crippen LogP contribution is -2.59. The molecule has 0 amide bonds. The van der Waals surface area contributed by atoms with Crippen LogP contribution in [0.1, 0.15) is 119 Å². The van der Waals surface area contributed by atoms with Gasteiger partial charge in [0, 0.05) is 23.4 Å². The van der Waals surface area contributed by atoms with Gasteiger partial charge in [-0.3, -0.25) is 9.69 Å². The molecule has 34 heavy (non-hydrogen) atoms. The number of piperidine rings is 1. The van der Waals surface area contributed by atoms with Gasteiger partial charge in [0.1, 0.15) is 11.5 Å². The van der Waals surface area contributed by atoms with Gasteiger partial charge in [-0.25, -0.2) is 0 Å². The highest BCUT2D eigenvalue weighted by molar-refractivity contribution is 5.81. The molecule has 1 fully saturated rings. The molecule has 0 spiro atoms. The molecule has 192 valence electrons. The number of phenols is 1. The van der Waals surface area contributed by atoms with Gasteiger partial charge in [0.05, 0.1) is 0 Å². The second kappa shape index (κ2) is 10.9. The smallest absolute Gasteiger partial charge is 0.136 e. The maximum atomic E-state index is 13.2. The predicted molar refractivity (Wildman–Crippen MR) is 147 cm³/mol. The first-order chi connectivity index (χ1) is 15.3. The van der Waals surface area contributed by atoms with E-state index in [4.69, 9.17) is 0 Å². The molecule has 0 saturated carbocycles. The fraction of sp³-hybridized carbons (Fsp3) is 0.710. The third-order valence-electron chi connectivity index (χ3n) is 7.46. The van der Waals surface area contributed by atoms with E-state index in [2.05, 4.69) is 105 Å². The number of likely N-dealkylation sites (tertiary alicyclic amines) is 1. The van der Waals surface area contributed by atoms with Crippen molar-refractivity contribution in [1.82, 2.24) is 4.90 Å². The summed E-state index contributed by atoms with van der Waals surface area (Å²) in [6.45, 7) is 25.4. The normalized spacial score (nSPS) is 18.4. The highest BCUT2D eigenvalue weighted by atomic mass is 16.3. The molecule has 3 heteroatoms. The monoisotopic (exact) mass is 469 g/mol. The van der Waals surface area contributed by atoms with Crippen LogP contribution < -0.4 is 0 Å². The molecule has 1 heterocycles. The van der Waals surface area contributed by atoms with Gasteiger partial charge in [-0.15, -0.1) is 11.8 Å². The van der Waals surface area contributed by atoms with Gasteiger partial charge >= 0.3 is 0 Å². The number of hydrogen-bond acceptors (Lipinski definition) is 3. The standard InChI is InChI=1S/C27H45NO2.C4H6/c1-24(2,3)20-14-18(15-21(23(20)30)25(4,5)6)12-13-22(29)19-16-26(7,8)28(11)27(9,10)17-19;1-3-4-2/h14-15,19,30H,12-13,16-17H2,1-11H3;1-2H3. The molecule has 2 rings (SSSR count). The first-order valence-corrected chi connectivity index (χ1v) is 12.7. The van der Waals surface area contributed by atoms with Crippen LogP contribution in [0.25, 0.3) is 0 Å². The minimum Gasteiger partial charge on any atom is -0.507 e. The number of carbonyl (C=O) groups excluding carboxylic acids is 1. The zero-order chi connectivity index (χ0) is 26.7. The first-order valence-electron chi connectivity index (χ1n) is 12.7. The summed E-state index contributed by atoms with van der Waals surface area (Å²) in [5.74, 6) is 6.27. The fourth-order valence-corrected chi connectivity index (χ4v) is 5.05. The van der Waals surface area contributed by atoms with Crippen molar-refractivity contribution in [2.45, 2.75) is 131 Å². The Hall–Kier alpha value is -1.79. The third-order valence-corrected chi connectivity index (χ3v) is 7.46. The number of aromatic hydroxyl groups is 1. The molecule has 0 aromatic heterocycles. The summed E-state index contributed by atoms with van der Waals surface area (Å²) in [7, 11) is 2.18. The summed E-state index contributed by atoms with van der Waals surface area (Å²) in [6, 6.07) is 4.22. The van der Waals surface area contributed by atoms with Crippen LogP contribution in [0.2, 0.25) is 0 Å². The quantitative estimate of drug-likeness (QED) is 0.466. The van der Waals surface area contributed by atoms with E-state index in [-0.39, 0.29) is 27.8 Å². The molecule has 1 aliphatic heterocycles. The predicted octanol–water partition coefficient (Wildman–Crippen LogP) is 7.42. The summed E-state index contributed by atoms with van der Waals surface area (Å²) >= 11 is 0. The molecule has 0 unspecified atom stereocenters. The lowest BCUT2D eigenvalue weighted by atomic mass is 9.72. The Labute approximate surface area is 210 Å². The number of aryl methyl sites for hydroxylation is 1. The Bertz CT molecular complexity index is 854. The Morgan fingerprint density at radius 1 is 0.941 bits per heavy atom. The molecule has 1 aromatic carbocycles. The number of phenolic OH excluding ortho intramolecular Hbond substituents is 1. The van der Waals surface area contributed by atoms with Crippen LogP contribution in [0.3, 0.4) is 0 Å². The van der Waals surface area contributed by atoms with Crippen molar-refractivity contribution in [3.05, 3.63) is 28.8 Å². The number of Topliss-reactive ketones (excluding diaryl/α,β-unsaturated/α-hetero) is 1. The lowest BCUT2D eigenvalue weighted by molar-refractivity contribution is -0.130. The van der Waals surface area contributed by atoms with Crippen molar-refractivity contribution < 1.29 is 9.90 Å². The Morgan fingerprint density at radius 2 is 1.32 bits per heavy atom. The molecule has 1 aliphatic rings. The van der Waals surface area contributed by atoms with E-state index in [0.29, 0.717) is 18.0 Å². The molecular formula is C31H51NO2. The maximum absolute atomic E-state index is 13.2. The second-order valence-corrected chi connectivity index (χ2v) is 13.3. The van der Waals surface area contributed by atoms with Crippen molar-refractivity contribution in [3.8, 4) is 17.6 Å². The number of ketones is 1. The van der Waals surface area contributed by atoms with Crippen molar-refractivity contribution in [2.75, 3.05) is 7.05 Å². The lowest BCUT2D eigenvalue weighted by Gasteiger charge is -2.53. The topological polar surface area (TPSA) is 40.5 Å². The number of rotatable bonds is 4. The molecule has 0 atom stereocenters. The molecule has 0 bridgehead atoms.